The molecule has 23 heavy (non-hydrogen) atoms. The van der Waals surface area contributed by atoms with Gasteiger partial charge in [0.25, 0.3) is 0 Å². The van der Waals surface area contributed by atoms with E-state index in [1.807, 2.05) is 36.4 Å². The fraction of sp³-hybridized carbons (Fsp3) is 0. The number of nitrogens with zero attached hydrogens (tertiary/aromatic N) is 1. The van der Waals surface area contributed by atoms with E-state index >= 15 is 0 Å². The monoisotopic (exact) mass is 298 g/mol. The lowest BCUT2D eigenvalue weighted by atomic mass is 10.1. The highest BCUT2D eigenvalue weighted by atomic mass is 16.1. The van der Waals surface area contributed by atoms with Gasteiger partial charge in [0.2, 0.25) is 5.43 Å². The molecule has 1 N–H and O–H groups in total. The van der Waals surface area contributed by atoms with Gasteiger partial charge in [-0.3, -0.25) is 10.2 Å². The van der Waals surface area contributed by atoms with Crippen LogP contribution in [-0.2, 0) is 0 Å². The van der Waals surface area contributed by atoms with Crippen molar-refractivity contribution in [1.29, 1.82) is 0 Å². The van der Waals surface area contributed by atoms with Crippen LogP contribution < -0.4 is 10.9 Å². The Morgan fingerprint density at radius 2 is 1.13 bits per heavy atom. The Balaban J connectivity index is 1.83. The van der Waals surface area contributed by atoms with Crippen LogP contribution in [0.5, 0.6) is 0 Å². The summed E-state index contributed by atoms with van der Waals surface area (Å²) in [5.74, 6) is 0. The third-order valence-corrected chi connectivity index (χ3v) is 3.94. The summed E-state index contributed by atoms with van der Waals surface area (Å²) in [6.45, 7) is 0. The zero-order valence-electron chi connectivity index (χ0n) is 12.4. The molecule has 4 rings (SSSR count). The Labute approximate surface area is 133 Å². The van der Waals surface area contributed by atoms with Crippen molar-refractivity contribution >= 4 is 11.4 Å². The Hall–Kier alpha value is -3.20. The molecule has 110 valence electrons. The van der Waals surface area contributed by atoms with Gasteiger partial charge in [-0.2, -0.15) is 5.10 Å². The van der Waals surface area contributed by atoms with E-state index in [1.165, 1.54) is 17.2 Å². The van der Waals surface area contributed by atoms with Crippen LogP contribution in [0.3, 0.4) is 0 Å². The Bertz CT molecular complexity index is 929. The first kappa shape index (κ1) is 13.5. The smallest absolute Gasteiger partial charge is 0.203 e. The lowest BCUT2D eigenvalue weighted by Gasteiger charge is -2.02. The van der Waals surface area contributed by atoms with Gasteiger partial charge < -0.3 is 0 Å². The highest BCUT2D eigenvalue weighted by molar-refractivity contribution is 6.24. The first-order valence-electron chi connectivity index (χ1n) is 7.47. The van der Waals surface area contributed by atoms with Gasteiger partial charge in [-0.1, -0.05) is 66.7 Å². The maximum absolute atomic E-state index is 12.0. The number of nitrogens with one attached hydrogen (secondary N) is 1. The third-order valence-electron chi connectivity index (χ3n) is 3.94. The second-order valence-corrected chi connectivity index (χ2v) is 5.35. The largest absolute Gasteiger partial charge is 0.288 e. The van der Waals surface area contributed by atoms with E-state index in [-0.39, 0.29) is 5.43 Å². The van der Waals surface area contributed by atoms with Gasteiger partial charge in [0.15, 0.2) is 0 Å². The van der Waals surface area contributed by atoms with E-state index in [0.717, 1.165) is 16.8 Å². The predicted octanol–water partition coefficient (Wildman–Crippen LogP) is 3.89. The van der Waals surface area contributed by atoms with Crippen molar-refractivity contribution in [3.8, 4) is 11.1 Å². The molecule has 3 heteroatoms. The molecule has 3 nitrogen and oxygen atoms in total. The van der Waals surface area contributed by atoms with Crippen molar-refractivity contribution < 1.29 is 0 Å². The van der Waals surface area contributed by atoms with E-state index in [1.54, 1.807) is 12.1 Å². The Morgan fingerprint density at radius 1 is 0.609 bits per heavy atom. The zero-order chi connectivity index (χ0) is 15.6. The van der Waals surface area contributed by atoms with Crippen molar-refractivity contribution in [3.05, 3.63) is 100 Å². The van der Waals surface area contributed by atoms with Crippen LogP contribution in [0, 0.1) is 0 Å². The molecule has 0 radical (unpaired) electrons. The van der Waals surface area contributed by atoms with Crippen LogP contribution >= 0.6 is 0 Å². The normalized spacial score (nSPS) is 11.6. The molecule has 0 saturated carbocycles. The quantitative estimate of drug-likeness (QED) is 0.570. The first-order chi connectivity index (χ1) is 11.3. The highest BCUT2D eigenvalue weighted by Gasteiger charge is 2.23. The number of anilines is 1. The minimum Gasteiger partial charge on any atom is -0.288 e. The lowest BCUT2D eigenvalue weighted by Crippen LogP contribution is -2.07. The van der Waals surface area contributed by atoms with E-state index in [4.69, 9.17) is 0 Å². The zero-order valence-corrected chi connectivity index (χ0v) is 12.4. The fourth-order valence-corrected chi connectivity index (χ4v) is 2.85. The molecule has 1 aliphatic carbocycles. The van der Waals surface area contributed by atoms with Gasteiger partial charge in [0, 0.05) is 11.1 Å². The van der Waals surface area contributed by atoms with Crippen molar-refractivity contribution in [2.75, 3.05) is 5.43 Å². The minimum absolute atomic E-state index is 0.0843. The van der Waals surface area contributed by atoms with Gasteiger partial charge in [-0.25, -0.2) is 0 Å². The summed E-state index contributed by atoms with van der Waals surface area (Å²) in [5, 5.41) is 4.53. The van der Waals surface area contributed by atoms with Crippen molar-refractivity contribution in [1.82, 2.24) is 0 Å². The number of rotatable bonds is 2. The summed E-state index contributed by atoms with van der Waals surface area (Å²) in [5.41, 5.74) is 8.67. The molecule has 0 aromatic heterocycles. The molecule has 0 saturated heterocycles. The van der Waals surface area contributed by atoms with E-state index < -0.39 is 0 Å². The summed E-state index contributed by atoms with van der Waals surface area (Å²) >= 11 is 0. The molecule has 1 aliphatic rings. The Kier molecular flexibility index (Phi) is 3.24. The van der Waals surface area contributed by atoms with E-state index in [9.17, 15) is 4.79 Å². The molecular formula is C20H14N2O. The number of hydrogen-bond donors (Lipinski definition) is 1. The van der Waals surface area contributed by atoms with Gasteiger partial charge >= 0.3 is 0 Å². The van der Waals surface area contributed by atoms with Crippen LogP contribution in [0.2, 0.25) is 0 Å². The molecule has 3 aromatic rings. The van der Waals surface area contributed by atoms with Crippen LogP contribution in [0.1, 0.15) is 11.1 Å². The molecule has 0 amide bonds. The summed E-state index contributed by atoms with van der Waals surface area (Å²) < 4.78 is 0. The number of hydrogen-bond acceptors (Lipinski definition) is 3. The summed E-state index contributed by atoms with van der Waals surface area (Å²) in [6.07, 6.45) is 0. The topological polar surface area (TPSA) is 41.5 Å². The summed E-state index contributed by atoms with van der Waals surface area (Å²) in [7, 11) is 0. The maximum atomic E-state index is 12.0. The number of fused-ring (bicyclic) bond motifs is 3. The van der Waals surface area contributed by atoms with E-state index in [0.29, 0.717) is 5.69 Å². The van der Waals surface area contributed by atoms with Gasteiger partial charge in [0.1, 0.15) is 5.69 Å². The summed E-state index contributed by atoms with van der Waals surface area (Å²) in [4.78, 5) is 12.0. The molecule has 0 atom stereocenters. The van der Waals surface area contributed by atoms with Crippen molar-refractivity contribution in [2.24, 2.45) is 5.10 Å². The van der Waals surface area contributed by atoms with Gasteiger partial charge in [-0.05, 0) is 23.3 Å². The molecular weight excluding hydrogens is 284 g/mol. The second-order valence-electron chi connectivity index (χ2n) is 5.35. The molecule has 3 aromatic carbocycles. The molecule has 0 unspecified atom stereocenters. The second kappa shape index (κ2) is 5.54. The molecule has 0 heterocycles. The number of hydrazone groups is 1. The van der Waals surface area contributed by atoms with Crippen molar-refractivity contribution in [2.45, 2.75) is 0 Å². The van der Waals surface area contributed by atoms with Crippen LogP contribution in [0.15, 0.2) is 88.8 Å². The van der Waals surface area contributed by atoms with Crippen LogP contribution in [0.25, 0.3) is 11.1 Å². The minimum atomic E-state index is -0.0843. The van der Waals surface area contributed by atoms with Crippen molar-refractivity contribution in [3.63, 3.8) is 0 Å². The molecule has 0 aliphatic heterocycles. The van der Waals surface area contributed by atoms with Crippen LogP contribution in [-0.4, -0.2) is 5.71 Å². The van der Waals surface area contributed by atoms with Gasteiger partial charge in [-0.15, -0.1) is 0 Å². The maximum Gasteiger partial charge on any atom is 0.203 e. The molecule has 0 spiro atoms. The Morgan fingerprint density at radius 3 is 1.78 bits per heavy atom. The lowest BCUT2D eigenvalue weighted by molar-refractivity contribution is 1.32. The van der Waals surface area contributed by atoms with E-state index in [2.05, 4.69) is 34.8 Å². The highest BCUT2D eigenvalue weighted by Crippen LogP contribution is 2.36. The fourth-order valence-electron chi connectivity index (χ4n) is 2.85. The summed E-state index contributed by atoms with van der Waals surface area (Å²) in [6, 6.07) is 25.0. The third kappa shape index (κ3) is 2.32. The predicted molar refractivity (Wildman–Crippen MR) is 93.9 cm³/mol. The van der Waals surface area contributed by atoms with Gasteiger partial charge in [0.05, 0.1) is 5.71 Å². The first-order valence-corrected chi connectivity index (χ1v) is 7.47. The average Bonchev–Trinajstić information content (AvgIpc) is 2.76. The van der Waals surface area contributed by atoms with Crippen LogP contribution in [0.4, 0.5) is 5.69 Å². The molecule has 0 bridgehead atoms. The SMILES string of the molecule is O=c1cccccc1NN=C1c2ccccc2-c2ccccc21. The number of benzene rings is 2. The molecule has 0 fully saturated rings. The average molecular weight is 298 g/mol. The standard InChI is InChI=1S/C20H14N2O/c23-19-13-3-1-2-12-18(19)21-22-20-16-10-6-4-8-14(16)15-9-5-7-11-17(15)20/h1-13H,(H,21,23).